The molecular formula is C8H6IN. The molecule has 0 amide bonds. The maximum absolute atomic E-state index is 5.23. The van der Waals surface area contributed by atoms with Gasteiger partial charge in [-0.1, -0.05) is 18.1 Å². The first-order valence-electron chi connectivity index (χ1n) is 2.81. The first-order valence-corrected chi connectivity index (χ1v) is 3.88. The van der Waals surface area contributed by atoms with E-state index in [0.717, 1.165) is 11.3 Å². The molecule has 0 spiro atoms. The van der Waals surface area contributed by atoms with Crippen molar-refractivity contribution in [2.45, 2.75) is 0 Å². The fraction of sp³-hybridized carbons (Fsp3) is 0. The lowest BCUT2D eigenvalue weighted by Crippen LogP contribution is -1.83. The molecule has 1 nitrogen and oxygen atoms in total. The first-order chi connectivity index (χ1) is 4.88. The minimum atomic E-state index is 0.900. The molecule has 1 rings (SSSR count). The van der Waals surface area contributed by atoms with Crippen LogP contribution in [0.15, 0.2) is 24.3 Å². The van der Waals surface area contributed by atoms with Gasteiger partial charge in [-0.3, -0.25) is 0 Å². The maximum atomic E-state index is 5.23. The Labute approximate surface area is 74.3 Å². The third-order valence-corrected chi connectivity index (χ3v) is 1.77. The van der Waals surface area contributed by atoms with Gasteiger partial charge in [0.05, 0.1) is 28.6 Å². The number of hydrogen-bond donors (Lipinski definition) is 1. The third kappa shape index (κ3) is 1.42. The number of para-hydroxylation sites is 1. The summed E-state index contributed by atoms with van der Waals surface area (Å²) in [5, 5.41) is 0. The van der Waals surface area contributed by atoms with E-state index in [0.29, 0.717) is 0 Å². The maximum Gasteiger partial charge on any atom is 0.0585 e. The summed E-state index contributed by atoms with van der Waals surface area (Å²) in [6, 6.07) is 7.72. The quantitative estimate of drug-likeness (QED) is 0.453. The molecule has 0 bridgehead atoms. The van der Waals surface area contributed by atoms with Gasteiger partial charge in [0.25, 0.3) is 0 Å². The van der Waals surface area contributed by atoms with Crippen LogP contribution in [-0.2, 0) is 0 Å². The summed E-state index contributed by atoms with van der Waals surface area (Å²) < 4.78 is 2.97. The fourth-order valence-corrected chi connectivity index (χ4v) is 1.16. The summed E-state index contributed by atoms with van der Waals surface area (Å²) in [7, 11) is 0. The molecule has 0 aromatic heterocycles. The van der Waals surface area contributed by atoms with E-state index in [9.17, 15) is 0 Å². The lowest BCUT2D eigenvalue weighted by atomic mass is 10.2. The van der Waals surface area contributed by atoms with Crippen LogP contribution in [0, 0.1) is 12.3 Å². The molecule has 0 aliphatic rings. The summed E-state index contributed by atoms with van der Waals surface area (Å²) in [6.07, 6.45) is 5.23. The van der Waals surface area contributed by atoms with Crippen LogP contribution in [0.4, 0.5) is 5.69 Å². The van der Waals surface area contributed by atoms with Crippen LogP contribution >= 0.6 is 22.9 Å². The highest BCUT2D eigenvalue weighted by atomic mass is 127. The van der Waals surface area contributed by atoms with E-state index in [4.69, 9.17) is 6.42 Å². The Morgan fingerprint density at radius 2 is 2.10 bits per heavy atom. The predicted octanol–water partition coefficient (Wildman–Crippen LogP) is 2.43. The number of rotatable bonds is 1. The lowest BCUT2D eigenvalue weighted by molar-refractivity contribution is 1.64. The van der Waals surface area contributed by atoms with Gasteiger partial charge in [0, 0.05) is 5.56 Å². The van der Waals surface area contributed by atoms with Gasteiger partial charge in [-0.15, -0.1) is 6.42 Å². The Bertz CT molecular complexity index is 262. The molecule has 0 radical (unpaired) electrons. The van der Waals surface area contributed by atoms with Gasteiger partial charge in [0.1, 0.15) is 0 Å². The zero-order valence-corrected chi connectivity index (χ0v) is 7.42. The molecule has 10 heavy (non-hydrogen) atoms. The molecule has 50 valence electrons. The van der Waals surface area contributed by atoms with Gasteiger partial charge in [-0.2, -0.15) is 0 Å². The van der Waals surface area contributed by atoms with Gasteiger partial charge in [-0.05, 0) is 12.1 Å². The van der Waals surface area contributed by atoms with Crippen LogP contribution in [0.25, 0.3) is 0 Å². The number of anilines is 1. The Balaban J connectivity index is 3.12. The molecule has 0 fully saturated rings. The van der Waals surface area contributed by atoms with Crippen LogP contribution in [0.3, 0.4) is 0 Å². The van der Waals surface area contributed by atoms with Crippen molar-refractivity contribution in [1.29, 1.82) is 0 Å². The van der Waals surface area contributed by atoms with Gasteiger partial charge >= 0.3 is 0 Å². The van der Waals surface area contributed by atoms with E-state index in [1.165, 1.54) is 0 Å². The second kappa shape index (κ2) is 3.47. The fourth-order valence-electron chi connectivity index (χ4n) is 0.691. The van der Waals surface area contributed by atoms with Crippen molar-refractivity contribution in [1.82, 2.24) is 0 Å². The number of benzene rings is 1. The third-order valence-electron chi connectivity index (χ3n) is 1.18. The summed E-state index contributed by atoms with van der Waals surface area (Å²) in [5.41, 5.74) is 1.89. The van der Waals surface area contributed by atoms with E-state index in [1.807, 2.05) is 24.3 Å². The van der Waals surface area contributed by atoms with Crippen LogP contribution in [0.2, 0.25) is 0 Å². The van der Waals surface area contributed by atoms with E-state index in [-0.39, 0.29) is 0 Å². The van der Waals surface area contributed by atoms with Crippen LogP contribution in [0.5, 0.6) is 0 Å². The van der Waals surface area contributed by atoms with Crippen molar-refractivity contribution >= 4 is 28.6 Å². The van der Waals surface area contributed by atoms with Crippen LogP contribution in [-0.4, -0.2) is 0 Å². The number of halogens is 1. The monoisotopic (exact) mass is 243 g/mol. The molecule has 0 saturated carbocycles. The standard InChI is InChI=1S/C8H6IN/c1-2-7-5-3-4-6-8(7)10-9/h1,3-6,10H. The minimum absolute atomic E-state index is 0.900. The normalized spacial score (nSPS) is 8.40. The first kappa shape index (κ1) is 7.42. The largest absolute Gasteiger partial charge is 0.327 e. The Hall–Kier alpha value is -0.690. The number of terminal acetylenes is 1. The molecule has 0 heterocycles. The van der Waals surface area contributed by atoms with Gasteiger partial charge in [-0.25, -0.2) is 0 Å². The van der Waals surface area contributed by atoms with E-state index >= 15 is 0 Å². The van der Waals surface area contributed by atoms with Crippen molar-refractivity contribution in [3.8, 4) is 12.3 Å². The molecule has 0 aliphatic heterocycles. The van der Waals surface area contributed by atoms with Crippen LogP contribution < -0.4 is 3.53 Å². The average molecular weight is 243 g/mol. The van der Waals surface area contributed by atoms with Crippen molar-refractivity contribution in [3.05, 3.63) is 29.8 Å². The predicted molar refractivity (Wildman–Crippen MR) is 52.0 cm³/mol. The Morgan fingerprint density at radius 1 is 1.40 bits per heavy atom. The molecule has 0 unspecified atom stereocenters. The van der Waals surface area contributed by atoms with Crippen LogP contribution in [0.1, 0.15) is 5.56 Å². The molecule has 1 aromatic rings. The number of nitrogens with one attached hydrogen (secondary N) is 1. The van der Waals surface area contributed by atoms with Crippen molar-refractivity contribution in [3.63, 3.8) is 0 Å². The Morgan fingerprint density at radius 3 is 2.60 bits per heavy atom. The molecule has 1 aromatic carbocycles. The molecule has 0 atom stereocenters. The van der Waals surface area contributed by atoms with E-state index < -0.39 is 0 Å². The Kier molecular flexibility index (Phi) is 2.57. The van der Waals surface area contributed by atoms with Crippen molar-refractivity contribution < 1.29 is 0 Å². The second-order valence-corrected chi connectivity index (χ2v) is 2.32. The summed E-state index contributed by atoms with van der Waals surface area (Å²) in [4.78, 5) is 0. The molecule has 2 heteroatoms. The minimum Gasteiger partial charge on any atom is -0.327 e. The van der Waals surface area contributed by atoms with Crippen molar-refractivity contribution in [2.24, 2.45) is 0 Å². The lowest BCUT2D eigenvalue weighted by Gasteiger charge is -1.98. The smallest absolute Gasteiger partial charge is 0.0585 e. The molecule has 1 N–H and O–H groups in total. The highest BCUT2D eigenvalue weighted by Gasteiger charge is 1.92. The van der Waals surface area contributed by atoms with Gasteiger partial charge < -0.3 is 3.53 Å². The summed E-state index contributed by atoms with van der Waals surface area (Å²) in [6.45, 7) is 0. The zero-order chi connectivity index (χ0) is 7.40. The highest BCUT2D eigenvalue weighted by Crippen LogP contribution is 2.14. The molecular weight excluding hydrogens is 237 g/mol. The van der Waals surface area contributed by atoms with Gasteiger partial charge in [0.15, 0.2) is 0 Å². The molecule has 0 saturated heterocycles. The topological polar surface area (TPSA) is 12.0 Å². The average Bonchev–Trinajstić information content (AvgIpc) is 2.04. The summed E-state index contributed by atoms with van der Waals surface area (Å²) >= 11 is 2.06. The molecule has 0 aliphatic carbocycles. The van der Waals surface area contributed by atoms with Gasteiger partial charge in [0.2, 0.25) is 0 Å². The summed E-state index contributed by atoms with van der Waals surface area (Å²) in [5.74, 6) is 2.58. The van der Waals surface area contributed by atoms with E-state index in [1.54, 1.807) is 0 Å². The highest BCUT2D eigenvalue weighted by molar-refractivity contribution is 14.1. The number of hydrogen-bond acceptors (Lipinski definition) is 1. The second-order valence-electron chi connectivity index (χ2n) is 1.78. The van der Waals surface area contributed by atoms with Crippen molar-refractivity contribution in [2.75, 3.05) is 3.53 Å². The zero-order valence-electron chi connectivity index (χ0n) is 5.26. The SMILES string of the molecule is C#Cc1ccccc1NI. The van der Waals surface area contributed by atoms with E-state index in [2.05, 4.69) is 32.3 Å².